The standard InChI is InChI=1S/C26H36N2O4/c1-25(2,3)19-7-9-23-21(17-19)27-28-22-18-20(26(4,5)6)8-10-24(22)32-16-14-30-12-11-29-13-15-31-23/h7-10,17-18H,11-16H2,1-6H3. The van der Waals surface area contributed by atoms with Gasteiger partial charge in [-0.2, -0.15) is 0 Å². The zero-order valence-electron chi connectivity index (χ0n) is 20.2. The number of fused-ring (bicyclic) bond motifs is 2. The molecule has 6 heteroatoms. The lowest BCUT2D eigenvalue weighted by Gasteiger charge is -2.21. The van der Waals surface area contributed by atoms with Crippen LogP contribution in [0.4, 0.5) is 11.4 Å². The Bertz CT molecular complexity index is 851. The first-order chi connectivity index (χ1) is 15.1. The van der Waals surface area contributed by atoms with Crippen molar-refractivity contribution in [1.29, 1.82) is 0 Å². The lowest BCUT2D eigenvalue weighted by Crippen LogP contribution is -2.14. The molecule has 1 aliphatic rings. The Kier molecular flexibility index (Phi) is 7.91. The molecule has 0 bridgehead atoms. The summed E-state index contributed by atoms with van der Waals surface area (Å²) in [4.78, 5) is 0. The molecule has 0 radical (unpaired) electrons. The number of benzene rings is 2. The van der Waals surface area contributed by atoms with E-state index in [9.17, 15) is 0 Å². The van der Waals surface area contributed by atoms with E-state index in [1.165, 1.54) is 11.1 Å². The Morgan fingerprint density at radius 2 is 0.938 bits per heavy atom. The normalized spacial score (nSPS) is 16.4. The van der Waals surface area contributed by atoms with Crippen LogP contribution in [0.2, 0.25) is 0 Å². The van der Waals surface area contributed by atoms with Gasteiger partial charge >= 0.3 is 0 Å². The summed E-state index contributed by atoms with van der Waals surface area (Å²) in [6.07, 6.45) is 0. The van der Waals surface area contributed by atoms with Crippen LogP contribution < -0.4 is 9.47 Å². The molecule has 2 aromatic carbocycles. The third kappa shape index (κ3) is 6.78. The fraction of sp³-hybridized carbons (Fsp3) is 0.538. The number of azo groups is 1. The molecule has 0 aromatic heterocycles. The number of nitrogens with zero attached hydrogens (tertiary/aromatic N) is 2. The van der Waals surface area contributed by atoms with Crippen molar-refractivity contribution in [1.82, 2.24) is 0 Å². The molecule has 0 fully saturated rings. The lowest BCUT2D eigenvalue weighted by atomic mass is 9.87. The highest BCUT2D eigenvalue weighted by molar-refractivity contribution is 5.57. The van der Waals surface area contributed by atoms with E-state index in [2.05, 4.69) is 63.9 Å². The zero-order chi connectivity index (χ0) is 23.2. The first-order valence-electron chi connectivity index (χ1n) is 11.3. The Balaban J connectivity index is 2.02. The second-order valence-electron chi connectivity index (χ2n) is 9.99. The van der Waals surface area contributed by atoms with Crippen molar-refractivity contribution < 1.29 is 18.9 Å². The molecule has 0 saturated heterocycles. The van der Waals surface area contributed by atoms with Gasteiger partial charge in [-0.05, 0) is 46.2 Å². The van der Waals surface area contributed by atoms with Gasteiger partial charge in [0.05, 0.1) is 26.4 Å². The molecule has 0 spiro atoms. The summed E-state index contributed by atoms with van der Waals surface area (Å²) in [6, 6.07) is 12.2. The predicted octanol–water partition coefficient (Wildman–Crippen LogP) is 6.50. The van der Waals surface area contributed by atoms with Crippen molar-refractivity contribution in [2.45, 2.75) is 52.4 Å². The van der Waals surface area contributed by atoms with Gasteiger partial charge in [-0.3, -0.25) is 0 Å². The van der Waals surface area contributed by atoms with Gasteiger partial charge in [0.1, 0.15) is 36.1 Å². The van der Waals surface area contributed by atoms with Crippen LogP contribution in [0.25, 0.3) is 0 Å². The summed E-state index contributed by atoms with van der Waals surface area (Å²) in [5.41, 5.74) is 3.70. The van der Waals surface area contributed by atoms with Crippen molar-refractivity contribution in [2.75, 3.05) is 39.6 Å². The monoisotopic (exact) mass is 440 g/mol. The molecule has 0 atom stereocenters. The summed E-state index contributed by atoms with van der Waals surface area (Å²) < 4.78 is 23.1. The molecule has 0 amide bonds. The van der Waals surface area contributed by atoms with Gasteiger partial charge in [-0.25, -0.2) is 0 Å². The molecule has 3 rings (SSSR count). The molecular weight excluding hydrogens is 404 g/mol. The minimum absolute atomic E-state index is 0.0106. The predicted molar refractivity (Wildman–Crippen MR) is 127 cm³/mol. The molecular formula is C26H36N2O4. The van der Waals surface area contributed by atoms with E-state index in [-0.39, 0.29) is 10.8 Å². The van der Waals surface area contributed by atoms with Crippen molar-refractivity contribution >= 4 is 11.4 Å². The lowest BCUT2D eigenvalue weighted by molar-refractivity contribution is 0.0274. The molecule has 6 nitrogen and oxygen atoms in total. The molecule has 0 unspecified atom stereocenters. The molecule has 2 aromatic rings. The highest BCUT2D eigenvalue weighted by Crippen LogP contribution is 2.38. The third-order valence-corrected chi connectivity index (χ3v) is 5.26. The van der Waals surface area contributed by atoms with Crippen LogP contribution in [0.15, 0.2) is 46.6 Å². The van der Waals surface area contributed by atoms with Crippen LogP contribution in [0.5, 0.6) is 11.5 Å². The van der Waals surface area contributed by atoms with Crippen LogP contribution in [0, 0.1) is 0 Å². The zero-order valence-corrected chi connectivity index (χ0v) is 20.2. The Morgan fingerprint density at radius 3 is 1.31 bits per heavy atom. The van der Waals surface area contributed by atoms with Gasteiger partial charge in [0.25, 0.3) is 0 Å². The van der Waals surface area contributed by atoms with Gasteiger partial charge < -0.3 is 18.9 Å². The van der Waals surface area contributed by atoms with Crippen LogP contribution in [0.1, 0.15) is 52.7 Å². The summed E-state index contributed by atoms with van der Waals surface area (Å²) in [5.74, 6) is 1.37. The van der Waals surface area contributed by atoms with Crippen LogP contribution >= 0.6 is 0 Å². The second kappa shape index (κ2) is 10.5. The molecule has 174 valence electrons. The Labute approximate surface area is 191 Å². The van der Waals surface area contributed by atoms with E-state index < -0.39 is 0 Å². The molecule has 0 saturated carbocycles. The summed E-state index contributed by atoms with van der Waals surface area (Å²) in [6.45, 7) is 15.9. The van der Waals surface area contributed by atoms with Gasteiger partial charge in [-0.15, -0.1) is 10.2 Å². The summed E-state index contributed by atoms with van der Waals surface area (Å²) in [5, 5.41) is 9.21. The van der Waals surface area contributed by atoms with Gasteiger partial charge in [-0.1, -0.05) is 53.7 Å². The first kappa shape index (κ1) is 24.2. The van der Waals surface area contributed by atoms with Gasteiger partial charge in [0.15, 0.2) is 0 Å². The number of ether oxygens (including phenoxy) is 4. The SMILES string of the molecule is CC(C)(C)c1ccc2c(c1)N=Nc1cc(C(C)(C)C)ccc1OCCOCCOCCO2. The van der Waals surface area contributed by atoms with Crippen LogP contribution in [-0.2, 0) is 20.3 Å². The molecule has 0 N–H and O–H groups in total. The fourth-order valence-electron chi connectivity index (χ4n) is 3.22. The Morgan fingerprint density at radius 1 is 0.562 bits per heavy atom. The summed E-state index contributed by atoms with van der Waals surface area (Å²) >= 11 is 0. The Hall–Kier alpha value is -2.44. The quantitative estimate of drug-likeness (QED) is 0.469. The van der Waals surface area contributed by atoms with Crippen molar-refractivity contribution in [3.05, 3.63) is 47.5 Å². The third-order valence-electron chi connectivity index (χ3n) is 5.26. The molecule has 0 aliphatic carbocycles. The molecule has 32 heavy (non-hydrogen) atoms. The number of rotatable bonds is 0. The highest BCUT2D eigenvalue weighted by Gasteiger charge is 2.18. The number of hydrogen-bond acceptors (Lipinski definition) is 6. The van der Waals surface area contributed by atoms with Crippen LogP contribution in [-0.4, -0.2) is 39.6 Å². The topological polar surface area (TPSA) is 61.6 Å². The molecule has 1 aliphatic heterocycles. The smallest absolute Gasteiger partial charge is 0.146 e. The minimum atomic E-state index is -0.0106. The van der Waals surface area contributed by atoms with Gasteiger partial charge in [0.2, 0.25) is 0 Å². The van der Waals surface area contributed by atoms with E-state index >= 15 is 0 Å². The summed E-state index contributed by atoms with van der Waals surface area (Å²) in [7, 11) is 0. The average Bonchev–Trinajstić information content (AvgIpc) is 2.72. The number of hydrogen-bond donors (Lipinski definition) is 0. The molecule has 1 heterocycles. The van der Waals surface area contributed by atoms with E-state index in [0.717, 1.165) is 0 Å². The average molecular weight is 441 g/mol. The second-order valence-corrected chi connectivity index (χ2v) is 9.99. The van der Waals surface area contributed by atoms with Gasteiger partial charge in [0, 0.05) is 0 Å². The van der Waals surface area contributed by atoms with E-state index in [4.69, 9.17) is 18.9 Å². The fourth-order valence-corrected chi connectivity index (χ4v) is 3.22. The van der Waals surface area contributed by atoms with Crippen LogP contribution in [0.3, 0.4) is 0 Å². The largest absolute Gasteiger partial charge is 0.489 e. The van der Waals surface area contributed by atoms with Crippen molar-refractivity contribution in [3.63, 3.8) is 0 Å². The minimum Gasteiger partial charge on any atom is -0.489 e. The van der Waals surface area contributed by atoms with Crippen molar-refractivity contribution in [2.24, 2.45) is 10.2 Å². The van der Waals surface area contributed by atoms with E-state index in [1.807, 2.05) is 24.3 Å². The highest BCUT2D eigenvalue weighted by atomic mass is 16.6. The van der Waals surface area contributed by atoms with E-state index in [0.29, 0.717) is 62.5 Å². The van der Waals surface area contributed by atoms with Crippen molar-refractivity contribution in [3.8, 4) is 11.5 Å². The first-order valence-corrected chi connectivity index (χ1v) is 11.3. The maximum absolute atomic E-state index is 5.97. The maximum atomic E-state index is 5.97. The van der Waals surface area contributed by atoms with E-state index in [1.54, 1.807) is 0 Å². The maximum Gasteiger partial charge on any atom is 0.146 e.